The number of esters is 1. The van der Waals surface area contributed by atoms with Gasteiger partial charge >= 0.3 is 12.1 Å². The molecule has 0 aliphatic rings. The number of carbonyl (C=O) groups excluding carboxylic acids is 1. The van der Waals surface area contributed by atoms with Crippen LogP contribution in [0.1, 0.15) is 10.4 Å². The van der Waals surface area contributed by atoms with Gasteiger partial charge in [-0.2, -0.15) is 13.2 Å². The minimum absolute atomic E-state index is 0.0475. The lowest BCUT2D eigenvalue weighted by molar-refractivity contribution is -0.161. The average molecular weight is 425 g/mol. The van der Waals surface area contributed by atoms with Crippen LogP contribution >= 0.6 is 0 Å². The summed E-state index contributed by atoms with van der Waals surface area (Å²) in [6.45, 7) is -1.71. The van der Waals surface area contributed by atoms with E-state index in [9.17, 15) is 26.7 Å². The zero-order chi connectivity index (χ0) is 21.0. The van der Waals surface area contributed by atoms with E-state index in [1.807, 2.05) is 0 Å². The lowest BCUT2D eigenvalue weighted by Gasteiger charge is -2.12. The molecule has 0 aliphatic heterocycles. The quantitative estimate of drug-likeness (QED) is 0.294. The summed E-state index contributed by atoms with van der Waals surface area (Å²) in [6.07, 6.45) is -4.65. The number of ether oxygens (including phenoxy) is 1. The molecular weight excluding hydrogens is 411 g/mol. The molecule has 0 aliphatic carbocycles. The first-order valence-electron chi connectivity index (χ1n) is 8.33. The second-order valence-corrected chi connectivity index (χ2v) is 7.90. The number of hydrogen-bond donors (Lipinski definition) is 0. The minimum Gasteiger partial charge on any atom is -0.452 e. The Morgan fingerprint density at radius 3 is 1.76 bits per heavy atom. The molecule has 0 saturated heterocycles. The molecule has 3 rings (SSSR count). The predicted octanol–water partition coefficient (Wildman–Crippen LogP) is 5.78. The maximum Gasteiger partial charge on any atom is 0.422 e. The molecule has 0 atom stereocenters. The number of rotatable bonds is 5. The largest absolute Gasteiger partial charge is 0.452 e. The summed E-state index contributed by atoms with van der Waals surface area (Å²) in [6, 6.07) is 17.1. The van der Waals surface area contributed by atoms with Gasteiger partial charge in [-0.25, -0.2) is 13.6 Å². The molecule has 0 spiro atoms. The van der Waals surface area contributed by atoms with Crippen molar-refractivity contribution in [1.82, 2.24) is 0 Å². The molecule has 0 N–H and O–H groups in total. The summed E-state index contributed by atoms with van der Waals surface area (Å²) in [5.41, 5.74) is -0.0475. The Bertz CT molecular complexity index is 940. The Hall–Kier alpha value is -2.87. The maximum atomic E-state index is 13.4. The van der Waals surface area contributed by atoms with Crippen molar-refractivity contribution < 1.29 is 31.5 Å². The van der Waals surface area contributed by atoms with Crippen LogP contribution in [0.5, 0.6) is 0 Å². The number of hydrogen-bond acceptors (Lipinski definition) is 2. The van der Waals surface area contributed by atoms with Crippen molar-refractivity contribution in [3.8, 4) is 0 Å². The van der Waals surface area contributed by atoms with Gasteiger partial charge in [0.1, 0.15) is 28.1 Å². The Balaban J connectivity index is 2.08. The molecule has 3 aromatic rings. The van der Waals surface area contributed by atoms with E-state index in [1.165, 1.54) is 60.7 Å². The van der Waals surface area contributed by atoms with Gasteiger partial charge in [-0.1, -0.05) is 12.1 Å². The van der Waals surface area contributed by atoms with Crippen LogP contribution in [0.25, 0.3) is 0 Å². The number of carbonyl (C=O) groups is 1. The first-order chi connectivity index (χ1) is 13.7. The van der Waals surface area contributed by atoms with Crippen LogP contribution < -0.4 is 0 Å². The molecule has 0 fully saturated rings. The highest BCUT2D eigenvalue weighted by Crippen LogP contribution is 2.34. The van der Waals surface area contributed by atoms with E-state index in [1.54, 1.807) is 12.1 Å². The third-order valence-electron chi connectivity index (χ3n) is 3.79. The molecule has 0 unspecified atom stereocenters. The average Bonchev–Trinajstić information content (AvgIpc) is 2.69. The summed E-state index contributed by atoms with van der Waals surface area (Å²) < 4.78 is 68.6. The van der Waals surface area contributed by atoms with E-state index in [4.69, 9.17) is 0 Å². The van der Waals surface area contributed by atoms with E-state index in [2.05, 4.69) is 4.74 Å². The fourth-order valence-corrected chi connectivity index (χ4v) is 4.75. The van der Waals surface area contributed by atoms with Crippen LogP contribution in [-0.2, 0) is 15.6 Å². The maximum absolute atomic E-state index is 13.4. The van der Waals surface area contributed by atoms with E-state index in [0.717, 1.165) is 0 Å². The fourth-order valence-electron chi connectivity index (χ4n) is 2.57. The Labute approximate surface area is 166 Å². The topological polar surface area (TPSA) is 26.3 Å². The summed E-state index contributed by atoms with van der Waals surface area (Å²) >= 11 is 0. The Morgan fingerprint density at radius 2 is 1.28 bits per heavy atom. The SMILES string of the molecule is O=C(OCC(F)(F)F)c1ccccc1[S+](c1ccc(F)cc1)c1ccc(F)cc1. The number of halogens is 5. The van der Waals surface area contributed by atoms with Crippen molar-refractivity contribution in [3.05, 3.63) is 90.0 Å². The monoisotopic (exact) mass is 425 g/mol. The van der Waals surface area contributed by atoms with Crippen molar-refractivity contribution in [1.29, 1.82) is 0 Å². The molecule has 150 valence electrons. The van der Waals surface area contributed by atoms with Gasteiger partial charge in [0, 0.05) is 0 Å². The molecule has 0 aromatic heterocycles. The van der Waals surface area contributed by atoms with Gasteiger partial charge in [0.2, 0.25) is 0 Å². The summed E-state index contributed by atoms with van der Waals surface area (Å²) in [5, 5.41) is 0. The van der Waals surface area contributed by atoms with Crippen LogP contribution in [-0.4, -0.2) is 18.8 Å². The van der Waals surface area contributed by atoms with Gasteiger partial charge in [0.05, 0.1) is 0 Å². The molecule has 0 radical (unpaired) electrons. The molecular formula is C21H14F5O2S+. The highest BCUT2D eigenvalue weighted by Gasteiger charge is 2.35. The summed E-state index contributed by atoms with van der Waals surface area (Å²) in [5.74, 6) is -2.05. The second-order valence-electron chi connectivity index (χ2n) is 5.90. The van der Waals surface area contributed by atoms with E-state index < -0.39 is 41.3 Å². The van der Waals surface area contributed by atoms with E-state index >= 15 is 0 Å². The van der Waals surface area contributed by atoms with Crippen molar-refractivity contribution in [3.63, 3.8) is 0 Å². The van der Waals surface area contributed by atoms with Crippen LogP contribution in [0, 0.1) is 11.6 Å². The van der Waals surface area contributed by atoms with Gasteiger partial charge in [0.25, 0.3) is 0 Å². The van der Waals surface area contributed by atoms with Crippen molar-refractivity contribution >= 4 is 16.9 Å². The van der Waals surface area contributed by atoms with Crippen molar-refractivity contribution in [2.24, 2.45) is 0 Å². The Kier molecular flexibility index (Phi) is 6.22. The first-order valence-corrected chi connectivity index (χ1v) is 9.55. The third-order valence-corrected chi connectivity index (χ3v) is 6.08. The smallest absolute Gasteiger partial charge is 0.422 e. The highest BCUT2D eigenvalue weighted by molar-refractivity contribution is 7.97. The molecule has 0 bridgehead atoms. The molecule has 0 saturated carbocycles. The Morgan fingerprint density at radius 1 is 0.793 bits per heavy atom. The zero-order valence-corrected chi connectivity index (χ0v) is 15.6. The standard InChI is InChI=1S/C21H14F5O2S/c22-14-5-9-16(10-6-14)29(17-11-7-15(23)8-12-17)19-4-2-1-3-18(19)20(27)28-13-21(24,25)26/h1-12H,13H2/q+1. The van der Waals surface area contributed by atoms with Gasteiger partial charge in [-0.3, -0.25) is 0 Å². The first kappa shape index (κ1) is 20.9. The molecule has 29 heavy (non-hydrogen) atoms. The normalized spacial score (nSPS) is 11.5. The van der Waals surface area contributed by atoms with E-state index in [0.29, 0.717) is 14.7 Å². The van der Waals surface area contributed by atoms with Gasteiger partial charge in [-0.15, -0.1) is 0 Å². The second kappa shape index (κ2) is 8.65. The summed E-state index contributed by atoms with van der Waals surface area (Å²) in [4.78, 5) is 13.9. The third kappa shape index (κ3) is 5.35. The van der Waals surface area contributed by atoms with Gasteiger partial charge < -0.3 is 4.74 Å². The molecule has 8 heteroatoms. The zero-order valence-electron chi connectivity index (χ0n) is 14.7. The lowest BCUT2D eigenvalue weighted by atomic mass is 10.2. The van der Waals surface area contributed by atoms with Gasteiger partial charge in [-0.05, 0) is 60.7 Å². The predicted molar refractivity (Wildman–Crippen MR) is 97.7 cm³/mol. The minimum atomic E-state index is -4.65. The van der Waals surface area contributed by atoms with E-state index in [-0.39, 0.29) is 5.56 Å². The number of alkyl halides is 3. The van der Waals surface area contributed by atoms with Gasteiger partial charge in [0.15, 0.2) is 21.3 Å². The van der Waals surface area contributed by atoms with Crippen LogP contribution in [0.2, 0.25) is 0 Å². The molecule has 3 aromatic carbocycles. The summed E-state index contributed by atoms with van der Waals surface area (Å²) in [7, 11) is -1.00. The fraction of sp³-hybridized carbons (Fsp3) is 0.0952. The van der Waals surface area contributed by atoms with Crippen molar-refractivity contribution in [2.45, 2.75) is 20.9 Å². The molecule has 0 heterocycles. The van der Waals surface area contributed by atoms with Crippen LogP contribution in [0.3, 0.4) is 0 Å². The van der Waals surface area contributed by atoms with Crippen LogP contribution in [0.15, 0.2) is 87.5 Å². The van der Waals surface area contributed by atoms with Crippen LogP contribution in [0.4, 0.5) is 22.0 Å². The molecule has 2 nitrogen and oxygen atoms in total. The number of benzene rings is 3. The highest BCUT2D eigenvalue weighted by atomic mass is 32.2. The lowest BCUT2D eigenvalue weighted by Crippen LogP contribution is -2.21. The van der Waals surface area contributed by atoms with Crippen molar-refractivity contribution in [2.75, 3.05) is 6.61 Å². The molecule has 0 amide bonds.